The van der Waals surface area contributed by atoms with E-state index in [1.807, 2.05) is 6.92 Å². The van der Waals surface area contributed by atoms with Crippen LogP contribution in [0.15, 0.2) is 49.1 Å². The first-order valence-electron chi connectivity index (χ1n) is 11.8. The minimum absolute atomic E-state index is 0.153. The smallest absolute Gasteiger partial charge is 0.333 e. The Hall–Kier alpha value is -3.20. The van der Waals surface area contributed by atoms with Gasteiger partial charge in [0.15, 0.2) is 0 Å². The monoisotopic (exact) mass is 512 g/mol. The first-order valence-corrected chi connectivity index (χ1v) is 11.8. The molecule has 0 aliphatic rings. The Morgan fingerprint density at radius 1 is 0.583 bits per heavy atom. The molecule has 0 saturated carbocycles. The fourth-order valence-electron chi connectivity index (χ4n) is 1.54. The van der Waals surface area contributed by atoms with E-state index in [1.165, 1.54) is 6.08 Å². The van der Waals surface area contributed by atoms with Crippen molar-refractivity contribution in [3.05, 3.63) is 49.1 Å². The Labute approximate surface area is 216 Å². The highest BCUT2D eigenvalue weighted by atomic mass is 16.6. The van der Waals surface area contributed by atoms with Crippen LogP contribution in [0.3, 0.4) is 0 Å². The number of carbonyl (C=O) groups excluding carboxylic acids is 4. The summed E-state index contributed by atoms with van der Waals surface area (Å²) < 4.78 is 24.1. The van der Waals surface area contributed by atoms with E-state index in [-0.39, 0.29) is 38.4 Å². The zero-order chi connectivity index (χ0) is 28.4. The standard InChI is InChI=1S/C12H18O5.C8H14O2.C7H12O2/c1-9(2)11(13)16-7-5-15-6-8-17-12(14)10(3)4;1-4-5-6-10-8(9)7(2)3;1-3-5-6-9-7(8)4-2/h1,3,5-8H2,2,4H3;2,4-6H2,1,3H3;4H,2-3,5-6H2,1H3. The number of ether oxygens (including phenoxy) is 5. The minimum Gasteiger partial charge on any atom is -0.463 e. The molecule has 0 fully saturated rings. The van der Waals surface area contributed by atoms with Crippen molar-refractivity contribution in [1.82, 2.24) is 0 Å². The largest absolute Gasteiger partial charge is 0.463 e. The highest BCUT2D eigenvalue weighted by Gasteiger charge is 2.04. The maximum absolute atomic E-state index is 10.9. The predicted molar refractivity (Wildman–Crippen MR) is 139 cm³/mol. The highest BCUT2D eigenvalue weighted by Crippen LogP contribution is 1.95. The summed E-state index contributed by atoms with van der Waals surface area (Å²) >= 11 is 0. The normalized spacial score (nSPS) is 9.14. The molecule has 206 valence electrons. The summed E-state index contributed by atoms with van der Waals surface area (Å²) in [6.45, 7) is 24.3. The van der Waals surface area contributed by atoms with Crippen LogP contribution < -0.4 is 0 Å². The zero-order valence-electron chi connectivity index (χ0n) is 22.7. The maximum atomic E-state index is 10.9. The number of rotatable bonds is 16. The maximum Gasteiger partial charge on any atom is 0.333 e. The lowest BCUT2D eigenvalue weighted by Gasteiger charge is -2.06. The van der Waals surface area contributed by atoms with Gasteiger partial charge < -0.3 is 23.7 Å². The third-order valence-corrected chi connectivity index (χ3v) is 3.61. The molecule has 0 aliphatic carbocycles. The van der Waals surface area contributed by atoms with Crippen molar-refractivity contribution < 1.29 is 42.9 Å². The summed E-state index contributed by atoms with van der Waals surface area (Å²) in [5, 5.41) is 0. The van der Waals surface area contributed by atoms with Crippen molar-refractivity contribution in [3.8, 4) is 0 Å². The van der Waals surface area contributed by atoms with Gasteiger partial charge in [0.1, 0.15) is 13.2 Å². The van der Waals surface area contributed by atoms with Gasteiger partial charge in [-0.05, 0) is 33.6 Å². The molecular weight excluding hydrogens is 468 g/mol. The molecule has 9 nitrogen and oxygen atoms in total. The topological polar surface area (TPSA) is 114 Å². The van der Waals surface area contributed by atoms with Gasteiger partial charge in [0, 0.05) is 22.8 Å². The first kappa shape index (κ1) is 37.4. The van der Waals surface area contributed by atoms with Crippen molar-refractivity contribution >= 4 is 23.9 Å². The van der Waals surface area contributed by atoms with E-state index in [0.29, 0.717) is 29.9 Å². The van der Waals surface area contributed by atoms with Gasteiger partial charge in [-0.25, -0.2) is 19.2 Å². The van der Waals surface area contributed by atoms with Crippen LogP contribution in [0.25, 0.3) is 0 Å². The van der Waals surface area contributed by atoms with E-state index in [1.54, 1.807) is 20.8 Å². The van der Waals surface area contributed by atoms with E-state index >= 15 is 0 Å². The molecule has 0 heterocycles. The average Bonchev–Trinajstić information content (AvgIpc) is 2.83. The van der Waals surface area contributed by atoms with E-state index in [2.05, 4.69) is 38.0 Å². The van der Waals surface area contributed by atoms with Crippen LogP contribution >= 0.6 is 0 Å². The third kappa shape index (κ3) is 28.8. The molecule has 0 spiro atoms. The van der Waals surface area contributed by atoms with Crippen molar-refractivity contribution in [3.63, 3.8) is 0 Å². The van der Waals surface area contributed by atoms with Gasteiger partial charge in [-0.15, -0.1) is 0 Å². The number of esters is 4. The number of unbranched alkanes of at least 4 members (excludes halogenated alkanes) is 2. The van der Waals surface area contributed by atoms with Crippen molar-refractivity contribution in [2.75, 3.05) is 39.6 Å². The summed E-state index contributed by atoms with van der Waals surface area (Å²) in [4.78, 5) is 42.9. The van der Waals surface area contributed by atoms with Crippen LogP contribution in [-0.4, -0.2) is 63.5 Å². The van der Waals surface area contributed by atoms with E-state index < -0.39 is 11.9 Å². The molecule has 0 aromatic rings. The van der Waals surface area contributed by atoms with Gasteiger partial charge in [0.25, 0.3) is 0 Å². The third-order valence-electron chi connectivity index (χ3n) is 3.61. The van der Waals surface area contributed by atoms with Crippen LogP contribution in [0, 0.1) is 0 Å². The first-order chi connectivity index (χ1) is 16.9. The van der Waals surface area contributed by atoms with E-state index in [0.717, 1.165) is 25.7 Å². The Morgan fingerprint density at radius 3 is 1.22 bits per heavy atom. The average molecular weight is 513 g/mol. The molecular formula is C27H44O9. The molecule has 0 unspecified atom stereocenters. The highest BCUT2D eigenvalue weighted by molar-refractivity contribution is 5.87. The summed E-state index contributed by atoms with van der Waals surface area (Å²) in [6, 6.07) is 0. The van der Waals surface area contributed by atoms with Crippen molar-refractivity contribution in [1.29, 1.82) is 0 Å². The lowest BCUT2D eigenvalue weighted by atomic mass is 10.3. The Kier molecular flexibility index (Phi) is 27.4. The Morgan fingerprint density at radius 2 is 0.917 bits per heavy atom. The molecule has 0 radical (unpaired) electrons. The molecule has 0 atom stereocenters. The van der Waals surface area contributed by atoms with Gasteiger partial charge in [-0.3, -0.25) is 0 Å². The summed E-state index contributed by atoms with van der Waals surface area (Å²) in [5.41, 5.74) is 1.16. The Bertz CT molecular complexity index is 678. The fraction of sp³-hybridized carbons (Fsp3) is 0.556. The molecule has 0 saturated heterocycles. The van der Waals surface area contributed by atoms with Gasteiger partial charge in [0.2, 0.25) is 0 Å². The quantitative estimate of drug-likeness (QED) is 0.126. The second kappa shape index (κ2) is 26.4. The van der Waals surface area contributed by atoms with Crippen LogP contribution in [0.1, 0.15) is 60.3 Å². The molecule has 9 heteroatoms. The van der Waals surface area contributed by atoms with Crippen LogP contribution in [0.5, 0.6) is 0 Å². The molecule has 0 amide bonds. The second-order valence-corrected chi connectivity index (χ2v) is 7.44. The van der Waals surface area contributed by atoms with Gasteiger partial charge in [0.05, 0.1) is 26.4 Å². The van der Waals surface area contributed by atoms with Crippen LogP contribution in [0.4, 0.5) is 0 Å². The number of carbonyl (C=O) groups is 4. The van der Waals surface area contributed by atoms with Crippen LogP contribution in [-0.2, 0) is 42.9 Å². The molecule has 0 bridgehead atoms. The summed E-state index contributed by atoms with van der Waals surface area (Å²) in [7, 11) is 0. The van der Waals surface area contributed by atoms with Gasteiger partial charge in [-0.2, -0.15) is 0 Å². The molecule has 0 rings (SSSR count). The number of hydrogen-bond acceptors (Lipinski definition) is 9. The van der Waals surface area contributed by atoms with E-state index in [4.69, 9.17) is 18.9 Å². The molecule has 0 aliphatic heterocycles. The fourth-order valence-corrected chi connectivity index (χ4v) is 1.54. The summed E-state index contributed by atoms with van der Waals surface area (Å²) in [6.07, 6.45) is 5.13. The SMILES string of the molecule is C=C(C)C(=O)OCCCC.C=C(C)C(=O)OCCOCCOC(=O)C(=C)C.C=CC(=O)OCCCC. The second-order valence-electron chi connectivity index (χ2n) is 7.44. The molecule has 0 aromatic heterocycles. The number of hydrogen-bond donors (Lipinski definition) is 0. The Balaban J connectivity index is -0.000000490. The van der Waals surface area contributed by atoms with Crippen molar-refractivity contribution in [2.24, 2.45) is 0 Å². The molecule has 36 heavy (non-hydrogen) atoms. The zero-order valence-corrected chi connectivity index (χ0v) is 22.7. The molecule has 0 N–H and O–H groups in total. The molecule has 0 aromatic carbocycles. The minimum atomic E-state index is -0.442. The van der Waals surface area contributed by atoms with Crippen molar-refractivity contribution in [2.45, 2.75) is 60.3 Å². The summed E-state index contributed by atoms with van der Waals surface area (Å²) in [5.74, 6) is -1.50. The predicted octanol–water partition coefficient (Wildman–Crippen LogP) is 4.66. The lowest BCUT2D eigenvalue weighted by molar-refractivity contribution is -0.142. The van der Waals surface area contributed by atoms with Gasteiger partial charge >= 0.3 is 23.9 Å². The van der Waals surface area contributed by atoms with E-state index in [9.17, 15) is 19.2 Å². The van der Waals surface area contributed by atoms with Gasteiger partial charge in [-0.1, -0.05) is 53.0 Å². The van der Waals surface area contributed by atoms with Crippen LogP contribution in [0.2, 0.25) is 0 Å². The lowest BCUT2D eigenvalue weighted by Crippen LogP contribution is -2.14.